The highest BCUT2D eigenvalue weighted by Gasteiger charge is 2.30. The van der Waals surface area contributed by atoms with Crippen molar-refractivity contribution in [1.29, 1.82) is 5.26 Å². The summed E-state index contributed by atoms with van der Waals surface area (Å²) < 4.78 is 0. The molecule has 7 heteroatoms. The lowest BCUT2D eigenvalue weighted by Gasteiger charge is -2.36. The van der Waals surface area contributed by atoms with Crippen LogP contribution in [0.1, 0.15) is 54.6 Å². The van der Waals surface area contributed by atoms with E-state index in [1.807, 2.05) is 30.3 Å². The van der Waals surface area contributed by atoms with Crippen molar-refractivity contribution in [3.05, 3.63) is 58.3 Å². The van der Waals surface area contributed by atoms with Crippen LogP contribution in [0.25, 0.3) is 0 Å². The number of aromatic nitrogens is 1. The number of nitriles is 1. The molecule has 1 aliphatic heterocycles. The molecule has 0 saturated carbocycles. The molecular formula is C28H35N5O2. The minimum Gasteiger partial charge on any atom is -0.352 e. The van der Waals surface area contributed by atoms with Crippen LogP contribution in [0.15, 0.2) is 30.3 Å². The van der Waals surface area contributed by atoms with Gasteiger partial charge in [0.2, 0.25) is 0 Å². The molecule has 0 atom stereocenters. The Balaban J connectivity index is 1.40. The lowest BCUT2D eigenvalue weighted by molar-refractivity contribution is -0.146. The standard InChI is InChI=1S/C28H35N5O2/c1-20(2)18-25-23-11-7-6-10-22(23)24(19-29)26(31-25)32-14-16-33(17-15-32)28(35)27(34)30-13-12-21-8-4-3-5-9-21/h3-5,8-9,20H,6-7,10-18H2,1-2H3,(H,30,34). The van der Waals surface area contributed by atoms with E-state index in [9.17, 15) is 14.9 Å². The van der Waals surface area contributed by atoms with E-state index < -0.39 is 11.8 Å². The molecule has 184 valence electrons. The highest BCUT2D eigenvalue weighted by atomic mass is 16.2. The maximum Gasteiger partial charge on any atom is 0.312 e. The summed E-state index contributed by atoms with van der Waals surface area (Å²) in [6.45, 7) is 6.82. The fraction of sp³-hybridized carbons (Fsp3) is 0.500. The van der Waals surface area contributed by atoms with Gasteiger partial charge in [-0.25, -0.2) is 4.98 Å². The Labute approximate surface area is 208 Å². The molecule has 7 nitrogen and oxygen atoms in total. The van der Waals surface area contributed by atoms with Crippen LogP contribution in [0.5, 0.6) is 0 Å². The van der Waals surface area contributed by atoms with Crippen LogP contribution < -0.4 is 10.2 Å². The van der Waals surface area contributed by atoms with Crippen molar-refractivity contribution in [2.24, 2.45) is 5.92 Å². The molecule has 1 aromatic heterocycles. The Bertz CT molecular complexity index is 1100. The van der Waals surface area contributed by atoms with E-state index in [-0.39, 0.29) is 0 Å². The molecule has 1 saturated heterocycles. The molecule has 1 N–H and O–H groups in total. The molecule has 0 bridgehead atoms. The SMILES string of the molecule is CC(C)Cc1nc(N2CCN(C(=O)C(=O)NCCc3ccccc3)CC2)c(C#N)c2c1CCCC2. The average molecular weight is 474 g/mol. The van der Waals surface area contributed by atoms with Gasteiger partial charge >= 0.3 is 11.8 Å². The summed E-state index contributed by atoms with van der Waals surface area (Å²) in [5.74, 6) is 0.197. The first-order chi connectivity index (χ1) is 17.0. The normalized spacial score (nSPS) is 15.5. The van der Waals surface area contributed by atoms with Gasteiger partial charge in [-0.05, 0) is 61.1 Å². The molecule has 1 aliphatic carbocycles. The van der Waals surface area contributed by atoms with E-state index in [2.05, 4.69) is 30.1 Å². The Kier molecular flexibility index (Phi) is 8.02. The lowest BCUT2D eigenvalue weighted by atomic mass is 9.85. The van der Waals surface area contributed by atoms with E-state index in [1.165, 1.54) is 11.1 Å². The number of fused-ring (bicyclic) bond motifs is 1. The monoisotopic (exact) mass is 473 g/mol. The fourth-order valence-electron chi connectivity index (χ4n) is 5.09. The third-order valence-electron chi connectivity index (χ3n) is 6.90. The zero-order valence-corrected chi connectivity index (χ0v) is 20.8. The molecular weight excluding hydrogens is 438 g/mol. The largest absolute Gasteiger partial charge is 0.352 e. The summed E-state index contributed by atoms with van der Waals surface area (Å²) in [6, 6.07) is 12.3. The first-order valence-corrected chi connectivity index (χ1v) is 12.8. The van der Waals surface area contributed by atoms with Gasteiger partial charge in [-0.3, -0.25) is 9.59 Å². The highest BCUT2D eigenvalue weighted by molar-refractivity contribution is 6.35. The van der Waals surface area contributed by atoms with Crippen molar-refractivity contribution in [2.45, 2.75) is 52.4 Å². The zero-order chi connectivity index (χ0) is 24.8. The third-order valence-corrected chi connectivity index (χ3v) is 6.90. The zero-order valence-electron chi connectivity index (χ0n) is 20.8. The molecule has 1 aromatic carbocycles. The van der Waals surface area contributed by atoms with E-state index in [1.54, 1.807) is 4.90 Å². The second-order valence-electron chi connectivity index (χ2n) is 9.90. The van der Waals surface area contributed by atoms with E-state index >= 15 is 0 Å². The van der Waals surface area contributed by atoms with Crippen LogP contribution in [0, 0.1) is 17.2 Å². The Morgan fingerprint density at radius 1 is 1.06 bits per heavy atom. The van der Waals surface area contributed by atoms with Gasteiger partial charge in [-0.15, -0.1) is 0 Å². The van der Waals surface area contributed by atoms with Gasteiger partial charge in [0.05, 0.1) is 5.56 Å². The summed E-state index contributed by atoms with van der Waals surface area (Å²) in [7, 11) is 0. The van der Waals surface area contributed by atoms with Gasteiger partial charge in [-0.1, -0.05) is 44.2 Å². The number of hydrogen-bond acceptors (Lipinski definition) is 5. The molecule has 4 rings (SSSR count). The molecule has 2 amide bonds. The second kappa shape index (κ2) is 11.4. The predicted molar refractivity (Wildman–Crippen MR) is 136 cm³/mol. The minimum atomic E-state index is -0.557. The Morgan fingerprint density at radius 3 is 2.40 bits per heavy atom. The Hall–Kier alpha value is -3.40. The number of benzene rings is 1. The smallest absolute Gasteiger partial charge is 0.312 e. The van der Waals surface area contributed by atoms with Crippen molar-refractivity contribution in [3.8, 4) is 6.07 Å². The van der Waals surface area contributed by atoms with Crippen LogP contribution in [0.2, 0.25) is 0 Å². The van der Waals surface area contributed by atoms with Crippen molar-refractivity contribution in [2.75, 3.05) is 37.6 Å². The maximum absolute atomic E-state index is 12.7. The van der Waals surface area contributed by atoms with Gasteiger partial charge in [0.25, 0.3) is 0 Å². The average Bonchev–Trinajstić information content (AvgIpc) is 2.88. The van der Waals surface area contributed by atoms with Crippen LogP contribution in [-0.4, -0.2) is 54.4 Å². The topological polar surface area (TPSA) is 89.3 Å². The molecule has 2 aromatic rings. The van der Waals surface area contributed by atoms with Crippen LogP contribution >= 0.6 is 0 Å². The molecule has 2 aliphatic rings. The number of carbonyl (C=O) groups excluding carboxylic acids is 2. The third kappa shape index (κ3) is 5.82. The summed E-state index contributed by atoms with van der Waals surface area (Å²) >= 11 is 0. The first kappa shape index (κ1) is 24.7. The van der Waals surface area contributed by atoms with E-state index in [0.29, 0.717) is 50.6 Å². The van der Waals surface area contributed by atoms with Crippen LogP contribution in [-0.2, 0) is 35.3 Å². The summed E-state index contributed by atoms with van der Waals surface area (Å²) in [5.41, 5.74) is 5.41. The number of amides is 2. The number of rotatable bonds is 6. The number of pyridine rings is 1. The van der Waals surface area contributed by atoms with E-state index in [4.69, 9.17) is 4.98 Å². The number of piperazine rings is 1. The lowest BCUT2D eigenvalue weighted by Crippen LogP contribution is -2.53. The number of hydrogen-bond donors (Lipinski definition) is 1. The van der Waals surface area contributed by atoms with Crippen LogP contribution in [0.4, 0.5) is 5.82 Å². The van der Waals surface area contributed by atoms with Gasteiger partial charge in [0, 0.05) is 38.4 Å². The maximum atomic E-state index is 12.7. The Morgan fingerprint density at radius 2 is 1.74 bits per heavy atom. The van der Waals surface area contributed by atoms with E-state index in [0.717, 1.165) is 49.2 Å². The predicted octanol–water partition coefficient (Wildman–Crippen LogP) is 3.04. The molecule has 2 heterocycles. The van der Waals surface area contributed by atoms with Crippen molar-refractivity contribution >= 4 is 17.6 Å². The molecule has 0 spiro atoms. The summed E-state index contributed by atoms with van der Waals surface area (Å²) in [6.07, 6.45) is 5.78. The molecule has 0 unspecified atom stereocenters. The summed E-state index contributed by atoms with van der Waals surface area (Å²) in [4.78, 5) is 33.9. The fourth-order valence-corrected chi connectivity index (χ4v) is 5.09. The number of nitrogens with one attached hydrogen (secondary N) is 1. The quantitative estimate of drug-likeness (QED) is 0.652. The van der Waals surface area contributed by atoms with Gasteiger partial charge < -0.3 is 15.1 Å². The summed E-state index contributed by atoms with van der Waals surface area (Å²) in [5, 5.41) is 12.8. The van der Waals surface area contributed by atoms with Gasteiger partial charge in [-0.2, -0.15) is 5.26 Å². The molecule has 0 radical (unpaired) electrons. The van der Waals surface area contributed by atoms with Gasteiger partial charge in [0.1, 0.15) is 11.9 Å². The highest BCUT2D eigenvalue weighted by Crippen LogP contribution is 2.33. The molecule has 1 fully saturated rings. The number of anilines is 1. The van der Waals surface area contributed by atoms with Crippen molar-refractivity contribution in [3.63, 3.8) is 0 Å². The first-order valence-electron chi connectivity index (χ1n) is 12.8. The second-order valence-corrected chi connectivity index (χ2v) is 9.90. The number of carbonyl (C=O) groups is 2. The van der Waals surface area contributed by atoms with Crippen LogP contribution in [0.3, 0.4) is 0 Å². The number of nitrogens with zero attached hydrogens (tertiary/aromatic N) is 4. The minimum absolute atomic E-state index is 0.428. The molecule has 35 heavy (non-hydrogen) atoms. The van der Waals surface area contributed by atoms with Gasteiger partial charge in [0.15, 0.2) is 0 Å². The van der Waals surface area contributed by atoms with Crippen molar-refractivity contribution < 1.29 is 9.59 Å². The van der Waals surface area contributed by atoms with Crippen molar-refractivity contribution in [1.82, 2.24) is 15.2 Å².